The second-order valence-corrected chi connectivity index (χ2v) is 7.36. The molecule has 116 valence electrons. The monoisotopic (exact) mass is 319 g/mol. The molecule has 0 amide bonds. The van der Waals surface area contributed by atoms with Gasteiger partial charge in [-0.3, -0.25) is 4.79 Å². The van der Waals surface area contributed by atoms with E-state index >= 15 is 0 Å². The number of carbonyl (C=O) groups is 1. The third kappa shape index (κ3) is 2.24. The molecule has 3 rings (SSSR count). The van der Waals surface area contributed by atoms with Crippen LogP contribution in [0.5, 0.6) is 0 Å². The summed E-state index contributed by atoms with van der Waals surface area (Å²) in [5.74, 6) is -0.161. The van der Waals surface area contributed by atoms with Gasteiger partial charge in [0.2, 0.25) is 10.0 Å². The van der Waals surface area contributed by atoms with E-state index in [0.29, 0.717) is 5.57 Å². The van der Waals surface area contributed by atoms with E-state index in [1.807, 2.05) is 6.92 Å². The van der Waals surface area contributed by atoms with Gasteiger partial charge in [-0.05, 0) is 49.8 Å². The van der Waals surface area contributed by atoms with Crippen molar-refractivity contribution in [1.29, 1.82) is 0 Å². The van der Waals surface area contributed by atoms with Crippen molar-refractivity contribution in [1.82, 2.24) is 4.31 Å². The van der Waals surface area contributed by atoms with Gasteiger partial charge in [0.15, 0.2) is 11.5 Å². The van der Waals surface area contributed by atoms with Crippen molar-refractivity contribution in [3.63, 3.8) is 0 Å². The number of aryl methyl sites for hydroxylation is 1. The Balaban J connectivity index is 2.07. The number of nitrogens with zero attached hydrogens (tertiary/aromatic N) is 1. The van der Waals surface area contributed by atoms with Gasteiger partial charge in [-0.15, -0.1) is 0 Å². The first-order chi connectivity index (χ1) is 10.4. The van der Waals surface area contributed by atoms with Crippen LogP contribution in [0.3, 0.4) is 0 Å². The number of hydrogen-bond acceptors (Lipinski definition) is 4. The van der Waals surface area contributed by atoms with Gasteiger partial charge >= 0.3 is 0 Å². The summed E-state index contributed by atoms with van der Waals surface area (Å²) in [7, 11) is -3.71. The molecule has 0 bridgehead atoms. The molecule has 1 atom stereocenters. The third-order valence-corrected chi connectivity index (χ3v) is 5.90. The van der Waals surface area contributed by atoms with Gasteiger partial charge < -0.3 is 4.74 Å². The van der Waals surface area contributed by atoms with Crippen LogP contribution >= 0.6 is 0 Å². The van der Waals surface area contributed by atoms with Crippen molar-refractivity contribution in [2.75, 3.05) is 13.2 Å². The zero-order chi connectivity index (χ0) is 16.0. The molecule has 6 heteroatoms. The van der Waals surface area contributed by atoms with Gasteiger partial charge in [-0.1, -0.05) is 17.7 Å². The number of rotatable bonds is 2. The minimum atomic E-state index is -3.71. The van der Waals surface area contributed by atoms with Crippen LogP contribution in [-0.4, -0.2) is 37.4 Å². The van der Waals surface area contributed by atoms with Crippen molar-refractivity contribution in [2.24, 2.45) is 0 Å². The first-order valence-electron chi connectivity index (χ1n) is 7.02. The number of carbonyl (C=O) groups excluding carboxylic acids is 1. The van der Waals surface area contributed by atoms with E-state index in [0.717, 1.165) is 5.56 Å². The highest BCUT2D eigenvalue weighted by Crippen LogP contribution is 2.38. The molecule has 0 radical (unpaired) electrons. The lowest BCUT2D eigenvalue weighted by Gasteiger charge is -2.35. The van der Waals surface area contributed by atoms with E-state index in [-0.39, 0.29) is 23.8 Å². The quantitative estimate of drug-likeness (QED) is 0.834. The van der Waals surface area contributed by atoms with Crippen molar-refractivity contribution >= 4 is 15.8 Å². The fourth-order valence-corrected chi connectivity index (χ4v) is 4.46. The van der Waals surface area contributed by atoms with Crippen LogP contribution in [0.25, 0.3) is 0 Å². The van der Waals surface area contributed by atoms with Crippen LogP contribution in [0, 0.1) is 6.92 Å². The molecule has 0 aromatic heterocycles. The molecule has 1 aromatic rings. The summed E-state index contributed by atoms with van der Waals surface area (Å²) >= 11 is 0. The van der Waals surface area contributed by atoms with Gasteiger partial charge in [0, 0.05) is 6.54 Å². The maximum atomic E-state index is 12.9. The summed E-state index contributed by atoms with van der Waals surface area (Å²) in [5.41, 5.74) is 0.385. The van der Waals surface area contributed by atoms with E-state index in [4.69, 9.17) is 4.74 Å². The smallest absolute Gasteiger partial charge is 0.246 e. The van der Waals surface area contributed by atoms with Gasteiger partial charge in [0.25, 0.3) is 0 Å². The summed E-state index contributed by atoms with van der Waals surface area (Å²) in [6, 6.07) is 6.71. The summed E-state index contributed by atoms with van der Waals surface area (Å²) in [6.45, 7) is 4.15. The van der Waals surface area contributed by atoms with Crippen LogP contribution in [0.1, 0.15) is 12.5 Å². The molecule has 1 aromatic carbocycles. The summed E-state index contributed by atoms with van der Waals surface area (Å²) in [6.07, 6.45) is 4.31. The van der Waals surface area contributed by atoms with E-state index in [2.05, 4.69) is 0 Å². The molecular formula is C16H17NO4S. The molecule has 2 aliphatic rings. The molecule has 1 fully saturated rings. The van der Waals surface area contributed by atoms with Gasteiger partial charge in [-0.25, -0.2) is 8.42 Å². The van der Waals surface area contributed by atoms with Crippen molar-refractivity contribution in [3.05, 3.63) is 53.6 Å². The number of hydrogen-bond donors (Lipinski definition) is 0. The largest absolute Gasteiger partial charge is 0.350 e. The molecule has 22 heavy (non-hydrogen) atoms. The zero-order valence-electron chi connectivity index (χ0n) is 12.4. The SMILES string of the molecule is CC1=CC(=O)C=CC12OCCN2S(=O)(=O)c1ccc(C)cc1. The fraction of sp³-hybridized carbons (Fsp3) is 0.312. The maximum absolute atomic E-state index is 12.9. The summed E-state index contributed by atoms with van der Waals surface area (Å²) in [4.78, 5) is 11.7. The van der Waals surface area contributed by atoms with E-state index in [1.54, 1.807) is 31.2 Å². The predicted octanol–water partition coefficient (Wildman–Crippen LogP) is 1.80. The van der Waals surface area contributed by atoms with Crippen LogP contribution in [0.4, 0.5) is 0 Å². The Morgan fingerprint density at radius 3 is 2.50 bits per heavy atom. The first kappa shape index (κ1) is 15.1. The highest BCUT2D eigenvalue weighted by atomic mass is 32.2. The minimum Gasteiger partial charge on any atom is -0.350 e. The lowest BCUT2D eigenvalue weighted by Crippen LogP contribution is -2.48. The molecule has 1 saturated heterocycles. The molecule has 1 aliphatic heterocycles. The zero-order valence-corrected chi connectivity index (χ0v) is 13.3. The number of ketones is 1. The number of benzene rings is 1. The van der Waals surface area contributed by atoms with Gasteiger partial charge in [-0.2, -0.15) is 4.31 Å². The average molecular weight is 319 g/mol. The lowest BCUT2D eigenvalue weighted by molar-refractivity contribution is -0.111. The Morgan fingerprint density at radius 1 is 1.18 bits per heavy atom. The molecule has 1 aliphatic carbocycles. The summed E-state index contributed by atoms with van der Waals surface area (Å²) in [5, 5.41) is 0. The van der Waals surface area contributed by atoms with Crippen molar-refractivity contribution < 1.29 is 17.9 Å². The third-order valence-electron chi connectivity index (χ3n) is 3.99. The first-order valence-corrected chi connectivity index (χ1v) is 8.46. The Kier molecular flexibility index (Phi) is 3.55. The molecule has 0 N–H and O–H groups in total. The van der Waals surface area contributed by atoms with Gasteiger partial charge in [0.1, 0.15) is 0 Å². The minimum absolute atomic E-state index is 0.161. The average Bonchev–Trinajstić information content (AvgIpc) is 2.90. The Hall–Kier alpha value is -1.76. The van der Waals surface area contributed by atoms with Crippen molar-refractivity contribution in [2.45, 2.75) is 24.5 Å². The Bertz CT molecular complexity index is 777. The molecule has 0 saturated carbocycles. The van der Waals surface area contributed by atoms with Gasteiger partial charge in [0.05, 0.1) is 11.5 Å². The molecule has 5 nitrogen and oxygen atoms in total. The van der Waals surface area contributed by atoms with Crippen LogP contribution < -0.4 is 0 Å². The van der Waals surface area contributed by atoms with E-state index in [1.165, 1.54) is 22.5 Å². The predicted molar refractivity (Wildman–Crippen MR) is 81.7 cm³/mol. The van der Waals surface area contributed by atoms with Crippen LogP contribution in [-0.2, 0) is 19.6 Å². The standard InChI is InChI=1S/C16H17NO4S/c1-12-3-5-15(6-4-12)22(19,20)17-9-10-21-16(17)8-7-14(18)11-13(16)2/h3-8,11H,9-10H2,1-2H3. The molecule has 1 spiro atoms. The van der Waals surface area contributed by atoms with Crippen LogP contribution in [0.2, 0.25) is 0 Å². The highest BCUT2D eigenvalue weighted by molar-refractivity contribution is 7.89. The topological polar surface area (TPSA) is 63.7 Å². The van der Waals surface area contributed by atoms with E-state index < -0.39 is 15.7 Å². The fourth-order valence-electron chi connectivity index (χ4n) is 2.79. The lowest BCUT2D eigenvalue weighted by atomic mass is 9.97. The second-order valence-electron chi connectivity index (χ2n) is 5.50. The number of ether oxygens (including phenoxy) is 1. The number of sulfonamides is 1. The maximum Gasteiger partial charge on any atom is 0.246 e. The Morgan fingerprint density at radius 2 is 1.86 bits per heavy atom. The summed E-state index contributed by atoms with van der Waals surface area (Å²) < 4.78 is 32.9. The van der Waals surface area contributed by atoms with E-state index in [9.17, 15) is 13.2 Å². The second kappa shape index (κ2) is 5.15. The molecule has 1 unspecified atom stereocenters. The number of allylic oxidation sites excluding steroid dienone is 2. The van der Waals surface area contributed by atoms with Crippen molar-refractivity contribution in [3.8, 4) is 0 Å². The highest BCUT2D eigenvalue weighted by Gasteiger charge is 2.49. The molecule has 1 heterocycles. The van der Waals surface area contributed by atoms with Crippen LogP contribution in [0.15, 0.2) is 53.0 Å². The Labute approximate surface area is 129 Å². The normalized spacial score (nSPS) is 25.7. The molecular weight excluding hydrogens is 302 g/mol.